The van der Waals surface area contributed by atoms with E-state index in [0.29, 0.717) is 25.0 Å². The zero-order valence-electron chi connectivity index (χ0n) is 11.1. The standard InChI is InChI=1S/4CH4O3S.2Cu/c4*1-5(2,3)4;;/h4*1H3,(H,2,3,4);;/q;;;;2*+2/p-4. The molecule has 0 saturated carbocycles. The van der Waals surface area contributed by atoms with E-state index in [2.05, 4.69) is 0 Å². The molecule has 0 heterocycles. The molecule has 0 aliphatic rings. The first-order valence-electron chi connectivity index (χ1n) is 3.63. The van der Waals surface area contributed by atoms with Crippen LogP contribution in [0.5, 0.6) is 0 Å². The van der Waals surface area contributed by atoms with Crippen molar-refractivity contribution >= 4 is 40.5 Å². The van der Waals surface area contributed by atoms with Crippen LogP contribution in [0.4, 0.5) is 0 Å². The molecule has 0 aromatic rings. The minimum absolute atomic E-state index is 0. The van der Waals surface area contributed by atoms with Crippen LogP contribution >= 0.6 is 0 Å². The van der Waals surface area contributed by atoms with Gasteiger partial charge in [0.2, 0.25) is 0 Å². The fourth-order valence-electron chi connectivity index (χ4n) is 0. The molecule has 18 heteroatoms. The fourth-order valence-corrected chi connectivity index (χ4v) is 0. The summed E-state index contributed by atoms with van der Waals surface area (Å²) in [6, 6.07) is 0. The predicted molar refractivity (Wildman–Crippen MR) is 62.5 cm³/mol. The quantitative estimate of drug-likeness (QED) is 0.231. The molecule has 0 aliphatic carbocycles. The van der Waals surface area contributed by atoms with Crippen LogP contribution in [0.15, 0.2) is 0 Å². The normalized spacial score (nSPS) is 10.5. The summed E-state index contributed by atoms with van der Waals surface area (Å²) in [5, 5.41) is 0. The average Bonchev–Trinajstić information content (AvgIpc) is 1.62. The van der Waals surface area contributed by atoms with E-state index in [1.807, 2.05) is 0 Å². The zero-order valence-corrected chi connectivity index (χ0v) is 16.3. The van der Waals surface area contributed by atoms with E-state index in [1.54, 1.807) is 0 Å². The van der Waals surface area contributed by atoms with Crippen molar-refractivity contribution in [3.05, 3.63) is 0 Å². The number of rotatable bonds is 0. The molecule has 12 nitrogen and oxygen atoms in total. The molecule has 0 spiro atoms. The molecule has 2 radical (unpaired) electrons. The first-order valence-corrected chi connectivity index (χ1v) is 10.9. The van der Waals surface area contributed by atoms with Gasteiger partial charge in [-0.15, -0.1) is 0 Å². The van der Waals surface area contributed by atoms with Gasteiger partial charge in [-0.05, 0) is 0 Å². The Labute approximate surface area is 151 Å². The summed E-state index contributed by atoms with van der Waals surface area (Å²) in [6.07, 6.45) is 2.42. The van der Waals surface area contributed by atoms with E-state index >= 15 is 0 Å². The van der Waals surface area contributed by atoms with Crippen LogP contribution in [0.3, 0.4) is 0 Å². The second-order valence-electron chi connectivity index (χ2n) is 2.82. The van der Waals surface area contributed by atoms with Crippen LogP contribution in [-0.4, -0.2) is 76.9 Å². The molecular formula is C4H12Cu2O12S4. The Morgan fingerprint density at radius 3 is 0.409 bits per heavy atom. The molecule has 0 atom stereocenters. The van der Waals surface area contributed by atoms with Gasteiger partial charge in [0.25, 0.3) is 0 Å². The van der Waals surface area contributed by atoms with Crippen molar-refractivity contribution in [2.75, 3.05) is 25.0 Å². The topological polar surface area (TPSA) is 229 Å². The largest absolute Gasteiger partial charge is 2.00 e. The zero-order chi connectivity index (χ0) is 18.0. The van der Waals surface area contributed by atoms with Crippen molar-refractivity contribution in [1.82, 2.24) is 0 Å². The van der Waals surface area contributed by atoms with Gasteiger partial charge in [0.1, 0.15) is 0 Å². The summed E-state index contributed by atoms with van der Waals surface area (Å²) >= 11 is 0. The minimum Gasteiger partial charge on any atom is -0.748 e. The van der Waals surface area contributed by atoms with Gasteiger partial charge < -0.3 is 18.2 Å². The van der Waals surface area contributed by atoms with Crippen molar-refractivity contribution in [2.24, 2.45) is 0 Å². The maximum atomic E-state index is 9.08. The van der Waals surface area contributed by atoms with Gasteiger partial charge >= 0.3 is 34.1 Å². The molecule has 0 saturated heterocycles. The third kappa shape index (κ3) is 17400. The van der Waals surface area contributed by atoms with Crippen molar-refractivity contribution < 1.29 is 86.0 Å². The van der Waals surface area contributed by atoms with E-state index in [0.717, 1.165) is 0 Å². The van der Waals surface area contributed by atoms with Crippen molar-refractivity contribution in [3.63, 3.8) is 0 Å². The molecular weight excluding hydrogens is 495 g/mol. The van der Waals surface area contributed by atoms with Gasteiger partial charge in [0.05, 0.1) is 40.5 Å². The molecule has 0 bridgehead atoms. The molecule has 0 amide bonds. The molecule has 0 unspecified atom stereocenters. The van der Waals surface area contributed by atoms with Crippen molar-refractivity contribution in [1.29, 1.82) is 0 Å². The summed E-state index contributed by atoms with van der Waals surface area (Å²) in [4.78, 5) is 0. The smallest absolute Gasteiger partial charge is 0.748 e. The number of hydrogen-bond donors (Lipinski definition) is 0. The summed E-state index contributed by atoms with van der Waals surface area (Å²) in [5.41, 5.74) is 0. The Kier molecular flexibility index (Phi) is 26.5. The first-order chi connectivity index (χ1) is 8.00. The molecule has 0 aromatic heterocycles. The Morgan fingerprint density at radius 2 is 0.409 bits per heavy atom. The molecule has 0 aliphatic heterocycles. The Morgan fingerprint density at radius 1 is 0.409 bits per heavy atom. The fraction of sp³-hybridized carbons (Fsp3) is 1.00. The Bertz CT molecular complexity index is 490. The first kappa shape index (κ1) is 38.3. The van der Waals surface area contributed by atoms with Gasteiger partial charge in [-0.2, -0.15) is 0 Å². The maximum Gasteiger partial charge on any atom is 2.00 e. The summed E-state index contributed by atoms with van der Waals surface area (Å²) in [5.74, 6) is 0. The molecule has 146 valence electrons. The van der Waals surface area contributed by atoms with Gasteiger partial charge in [-0.3, -0.25) is 0 Å². The summed E-state index contributed by atoms with van der Waals surface area (Å²) < 4.78 is 109. The summed E-state index contributed by atoms with van der Waals surface area (Å²) in [6.45, 7) is 0. The Hall–Kier alpha value is 0.679. The van der Waals surface area contributed by atoms with E-state index < -0.39 is 40.5 Å². The average molecular weight is 507 g/mol. The van der Waals surface area contributed by atoms with Crippen LogP contribution in [0.2, 0.25) is 0 Å². The maximum absolute atomic E-state index is 9.08. The van der Waals surface area contributed by atoms with Gasteiger partial charge in [0.15, 0.2) is 0 Å². The summed E-state index contributed by atoms with van der Waals surface area (Å²) in [7, 11) is -15.7. The van der Waals surface area contributed by atoms with E-state index in [1.165, 1.54) is 0 Å². The third-order valence-electron chi connectivity index (χ3n) is 0. The third-order valence-corrected chi connectivity index (χ3v) is 0. The molecule has 0 aromatic carbocycles. The SMILES string of the molecule is CS(=O)(=O)[O-].CS(=O)(=O)[O-].CS(=O)(=O)[O-].CS(=O)(=O)[O-].[Cu+2].[Cu+2]. The van der Waals surface area contributed by atoms with Crippen LogP contribution in [0.25, 0.3) is 0 Å². The predicted octanol–water partition coefficient (Wildman–Crippen LogP) is -3.36. The number of hydrogen-bond acceptors (Lipinski definition) is 12. The molecule has 0 fully saturated rings. The van der Waals surface area contributed by atoms with E-state index in [-0.39, 0.29) is 34.1 Å². The van der Waals surface area contributed by atoms with Crippen molar-refractivity contribution in [2.45, 2.75) is 0 Å². The molecule has 0 N–H and O–H groups in total. The monoisotopic (exact) mass is 506 g/mol. The van der Waals surface area contributed by atoms with E-state index in [4.69, 9.17) is 51.9 Å². The molecule has 0 rings (SSSR count). The van der Waals surface area contributed by atoms with Gasteiger partial charge in [0, 0.05) is 25.0 Å². The van der Waals surface area contributed by atoms with Gasteiger partial charge in [-0.1, -0.05) is 0 Å². The second-order valence-corrected chi connectivity index (χ2v) is 8.45. The minimum atomic E-state index is -3.92. The molecule has 22 heavy (non-hydrogen) atoms. The van der Waals surface area contributed by atoms with Crippen LogP contribution in [-0.2, 0) is 74.6 Å². The van der Waals surface area contributed by atoms with Crippen molar-refractivity contribution in [3.8, 4) is 0 Å². The second kappa shape index (κ2) is 15.2. The van der Waals surface area contributed by atoms with E-state index in [9.17, 15) is 0 Å². The van der Waals surface area contributed by atoms with Crippen LogP contribution in [0.1, 0.15) is 0 Å². The van der Waals surface area contributed by atoms with Gasteiger partial charge in [-0.25, -0.2) is 33.7 Å². The van der Waals surface area contributed by atoms with Crippen LogP contribution in [0, 0.1) is 0 Å². The van der Waals surface area contributed by atoms with Crippen LogP contribution < -0.4 is 0 Å². The Balaban J connectivity index is -0.0000000376.